The van der Waals surface area contributed by atoms with Crippen molar-refractivity contribution in [2.45, 2.75) is 20.3 Å². The van der Waals surface area contributed by atoms with Crippen LogP contribution >= 0.6 is 0 Å². The number of nitrogens with zero attached hydrogens (tertiary/aromatic N) is 1. The molecular formula is C18H16F2N2O2. The Morgan fingerprint density at radius 1 is 1.17 bits per heavy atom. The van der Waals surface area contributed by atoms with Crippen LogP contribution in [0.4, 0.5) is 8.78 Å². The molecule has 3 aromatic rings. The molecule has 0 fully saturated rings. The molecule has 1 heterocycles. The van der Waals surface area contributed by atoms with Gasteiger partial charge < -0.3 is 9.73 Å². The highest BCUT2D eigenvalue weighted by atomic mass is 19.3. The van der Waals surface area contributed by atoms with Gasteiger partial charge in [-0.1, -0.05) is 17.2 Å². The highest BCUT2D eigenvalue weighted by Gasteiger charge is 2.13. The number of aromatic nitrogens is 1. The molecule has 1 amide bonds. The minimum atomic E-state index is -2.58. The fourth-order valence-electron chi connectivity index (χ4n) is 2.56. The number of amides is 1. The summed E-state index contributed by atoms with van der Waals surface area (Å²) in [5, 5.41) is 2.17. The Hall–Kier alpha value is -2.76. The number of aryl methyl sites for hydroxylation is 2. The fourth-order valence-corrected chi connectivity index (χ4v) is 2.56. The predicted octanol–water partition coefficient (Wildman–Crippen LogP) is 4.11. The van der Waals surface area contributed by atoms with E-state index in [1.165, 1.54) is 12.1 Å². The van der Waals surface area contributed by atoms with Gasteiger partial charge in [0.2, 0.25) is 5.89 Å². The summed E-state index contributed by atoms with van der Waals surface area (Å²) >= 11 is 0. The molecule has 0 radical (unpaired) electrons. The second kappa shape index (κ2) is 6.39. The molecule has 2 aromatic carbocycles. The van der Waals surface area contributed by atoms with Crippen LogP contribution in [0.5, 0.6) is 0 Å². The average Bonchev–Trinajstić information content (AvgIpc) is 2.94. The van der Waals surface area contributed by atoms with E-state index < -0.39 is 18.9 Å². The molecule has 1 aromatic heterocycles. The van der Waals surface area contributed by atoms with Crippen molar-refractivity contribution in [3.63, 3.8) is 0 Å². The van der Waals surface area contributed by atoms with Crippen LogP contribution in [0.1, 0.15) is 21.5 Å². The van der Waals surface area contributed by atoms with Crippen molar-refractivity contribution < 1.29 is 18.0 Å². The lowest BCUT2D eigenvalue weighted by Crippen LogP contribution is -2.28. The van der Waals surface area contributed by atoms with Crippen molar-refractivity contribution in [2.24, 2.45) is 0 Å². The summed E-state index contributed by atoms with van der Waals surface area (Å²) in [6.07, 6.45) is -2.58. The molecule has 24 heavy (non-hydrogen) atoms. The summed E-state index contributed by atoms with van der Waals surface area (Å²) in [7, 11) is 0. The van der Waals surface area contributed by atoms with Gasteiger partial charge in [-0.25, -0.2) is 13.8 Å². The first-order valence-corrected chi connectivity index (χ1v) is 7.48. The lowest BCUT2D eigenvalue weighted by Gasteiger charge is -2.03. The molecule has 0 bridgehead atoms. The Balaban J connectivity index is 1.93. The van der Waals surface area contributed by atoms with Gasteiger partial charge in [0.05, 0.1) is 6.54 Å². The number of rotatable bonds is 4. The van der Waals surface area contributed by atoms with E-state index >= 15 is 0 Å². The van der Waals surface area contributed by atoms with Gasteiger partial charge >= 0.3 is 0 Å². The fraction of sp³-hybridized carbons (Fsp3) is 0.222. The lowest BCUT2D eigenvalue weighted by atomic mass is 10.1. The van der Waals surface area contributed by atoms with Crippen LogP contribution in [0, 0.1) is 13.8 Å². The molecule has 0 aliphatic carbocycles. The van der Waals surface area contributed by atoms with E-state index in [-0.39, 0.29) is 5.56 Å². The maximum atomic E-state index is 12.2. The Bertz CT molecular complexity index is 883. The summed E-state index contributed by atoms with van der Waals surface area (Å²) in [6.45, 7) is 3.30. The Kier molecular flexibility index (Phi) is 4.29. The van der Waals surface area contributed by atoms with Gasteiger partial charge in [-0.15, -0.1) is 0 Å². The first-order valence-electron chi connectivity index (χ1n) is 7.48. The molecule has 0 aliphatic heterocycles. The lowest BCUT2D eigenvalue weighted by molar-refractivity contribution is 0.0891. The van der Waals surface area contributed by atoms with Crippen LogP contribution in [0.15, 0.2) is 40.8 Å². The maximum absolute atomic E-state index is 12.2. The molecule has 0 aliphatic rings. The van der Waals surface area contributed by atoms with Gasteiger partial charge in [-0.3, -0.25) is 4.79 Å². The van der Waals surface area contributed by atoms with Crippen molar-refractivity contribution in [2.75, 3.05) is 6.54 Å². The van der Waals surface area contributed by atoms with E-state index in [2.05, 4.69) is 16.4 Å². The number of hydrogen-bond acceptors (Lipinski definition) is 3. The van der Waals surface area contributed by atoms with Gasteiger partial charge in [-0.05, 0) is 44.2 Å². The van der Waals surface area contributed by atoms with E-state index in [0.717, 1.165) is 16.7 Å². The van der Waals surface area contributed by atoms with E-state index in [1.54, 1.807) is 6.07 Å². The Morgan fingerprint density at radius 2 is 1.88 bits per heavy atom. The summed E-state index contributed by atoms with van der Waals surface area (Å²) < 4.78 is 30.1. The maximum Gasteiger partial charge on any atom is 0.255 e. The molecule has 0 saturated heterocycles. The first-order chi connectivity index (χ1) is 11.4. The SMILES string of the molecule is Cc1cc(C)cc(-c2nc3ccc(C(=O)NCC(F)F)cc3o2)c1. The number of carbonyl (C=O) groups excluding carboxylic acids is 1. The van der Waals surface area contributed by atoms with Crippen molar-refractivity contribution >= 4 is 17.0 Å². The molecule has 0 saturated carbocycles. The normalized spacial score (nSPS) is 11.2. The Morgan fingerprint density at radius 3 is 2.54 bits per heavy atom. The number of hydrogen-bond donors (Lipinski definition) is 1. The van der Waals surface area contributed by atoms with Crippen molar-refractivity contribution in [1.29, 1.82) is 0 Å². The minimum Gasteiger partial charge on any atom is -0.436 e. The zero-order valence-corrected chi connectivity index (χ0v) is 13.3. The smallest absolute Gasteiger partial charge is 0.255 e. The van der Waals surface area contributed by atoms with Gasteiger partial charge in [0.25, 0.3) is 12.3 Å². The molecule has 0 spiro atoms. The zero-order valence-electron chi connectivity index (χ0n) is 13.3. The zero-order chi connectivity index (χ0) is 17.3. The average molecular weight is 330 g/mol. The second-order valence-corrected chi connectivity index (χ2v) is 5.68. The van der Waals surface area contributed by atoms with Crippen LogP contribution in [0.3, 0.4) is 0 Å². The topological polar surface area (TPSA) is 55.1 Å². The van der Waals surface area contributed by atoms with E-state index in [1.807, 2.05) is 26.0 Å². The monoisotopic (exact) mass is 330 g/mol. The van der Waals surface area contributed by atoms with Crippen LogP contribution in [0.25, 0.3) is 22.6 Å². The van der Waals surface area contributed by atoms with Crippen LogP contribution in [-0.4, -0.2) is 23.9 Å². The highest BCUT2D eigenvalue weighted by molar-refractivity contribution is 5.97. The number of carbonyl (C=O) groups is 1. The molecule has 0 atom stereocenters. The van der Waals surface area contributed by atoms with Crippen LogP contribution < -0.4 is 5.32 Å². The number of halogens is 2. The molecule has 0 unspecified atom stereocenters. The second-order valence-electron chi connectivity index (χ2n) is 5.68. The molecule has 6 heteroatoms. The predicted molar refractivity (Wildman–Crippen MR) is 87.3 cm³/mol. The van der Waals surface area contributed by atoms with E-state index in [9.17, 15) is 13.6 Å². The van der Waals surface area contributed by atoms with Crippen molar-refractivity contribution in [3.05, 3.63) is 53.1 Å². The summed E-state index contributed by atoms with van der Waals surface area (Å²) in [5.74, 6) is -0.108. The minimum absolute atomic E-state index is 0.256. The van der Waals surface area contributed by atoms with Gasteiger partial charge in [0.15, 0.2) is 5.58 Å². The molecule has 4 nitrogen and oxygen atoms in total. The highest BCUT2D eigenvalue weighted by Crippen LogP contribution is 2.26. The number of fused-ring (bicyclic) bond motifs is 1. The molecule has 1 N–H and O–H groups in total. The molecular weight excluding hydrogens is 314 g/mol. The van der Waals surface area contributed by atoms with Crippen molar-refractivity contribution in [3.8, 4) is 11.5 Å². The third-order valence-electron chi connectivity index (χ3n) is 3.54. The number of oxazole rings is 1. The number of alkyl halides is 2. The van der Waals surface area contributed by atoms with Gasteiger partial charge in [0.1, 0.15) is 5.52 Å². The summed E-state index contributed by atoms with van der Waals surface area (Å²) in [6, 6.07) is 10.7. The number of benzene rings is 2. The molecule has 3 rings (SSSR count). The third-order valence-corrected chi connectivity index (χ3v) is 3.54. The van der Waals surface area contributed by atoms with E-state index in [4.69, 9.17) is 4.42 Å². The largest absolute Gasteiger partial charge is 0.436 e. The third kappa shape index (κ3) is 3.42. The van der Waals surface area contributed by atoms with Gasteiger partial charge in [-0.2, -0.15) is 0 Å². The summed E-state index contributed by atoms with van der Waals surface area (Å²) in [5.41, 5.74) is 4.35. The van der Waals surface area contributed by atoms with Crippen LogP contribution in [-0.2, 0) is 0 Å². The van der Waals surface area contributed by atoms with Gasteiger partial charge in [0, 0.05) is 11.1 Å². The van der Waals surface area contributed by atoms with E-state index in [0.29, 0.717) is 17.0 Å². The standard InChI is InChI=1S/C18H16F2N2O2/c1-10-5-11(2)7-13(6-10)18-22-14-4-3-12(8-15(14)24-18)17(23)21-9-16(19)20/h3-8,16H,9H2,1-2H3,(H,21,23). The van der Waals surface area contributed by atoms with Crippen molar-refractivity contribution in [1.82, 2.24) is 10.3 Å². The van der Waals surface area contributed by atoms with Crippen LogP contribution in [0.2, 0.25) is 0 Å². The molecule has 124 valence electrons. The summed E-state index contributed by atoms with van der Waals surface area (Å²) in [4.78, 5) is 16.3. The quantitative estimate of drug-likeness (QED) is 0.783. The number of nitrogens with one attached hydrogen (secondary N) is 1. The first kappa shape index (κ1) is 16.1. The Labute approximate surface area is 137 Å².